The van der Waals surface area contributed by atoms with E-state index in [9.17, 15) is 8.42 Å². The molecule has 0 aromatic carbocycles. The summed E-state index contributed by atoms with van der Waals surface area (Å²) in [5, 5.41) is 8.04. The van der Waals surface area contributed by atoms with Crippen molar-refractivity contribution in [1.82, 2.24) is 4.72 Å². The number of hydrogen-bond acceptors (Lipinski definition) is 3. The first-order chi connectivity index (χ1) is 6.45. The zero-order chi connectivity index (χ0) is 10.8. The van der Waals surface area contributed by atoms with Gasteiger partial charge in [0.25, 0.3) is 0 Å². The van der Waals surface area contributed by atoms with Crippen LogP contribution in [0.3, 0.4) is 0 Å². The van der Waals surface area contributed by atoms with E-state index in [4.69, 9.17) is 5.11 Å². The van der Waals surface area contributed by atoms with Crippen LogP contribution in [0.15, 0.2) is 0 Å². The molecule has 0 spiro atoms. The van der Waals surface area contributed by atoms with Crippen LogP contribution in [0.1, 0.15) is 33.1 Å². The molecule has 0 aromatic heterocycles. The van der Waals surface area contributed by atoms with Crippen LogP contribution in [0.5, 0.6) is 0 Å². The van der Waals surface area contributed by atoms with Gasteiger partial charge in [-0.25, -0.2) is 13.1 Å². The van der Waals surface area contributed by atoms with Crippen LogP contribution in [0, 0.1) is 5.92 Å². The lowest BCUT2D eigenvalue weighted by Gasteiger charge is -2.16. The Bertz CT molecular complexity index is 272. The Morgan fingerprint density at radius 3 is 2.43 bits per heavy atom. The molecule has 14 heavy (non-hydrogen) atoms. The van der Waals surface area contributed by atoms with Gasteiger partial charge in [0.05, 0.1) is 11.9 Å². The first-order valence-electron chi connectivity index (χ1n) is 5.07. The molecular formula is C9H19NO3S. The van der Waals surface area contributed by atoms with E-state index in [-0.39, 0.29) is 12.6 Å². The number of nitrogens with one attached hydrogen (secondary N) is 1. The highest BCUT2D eigenvalue weighted by Crippen LogP contribution is 2.33. The van der Waals surface area contributed by atoms with Crippen LogP contribution < -0.4 is 4.72 Å². The highest BCUT2D eigenvalue weighted by molar-refractivity contribution is 7.90. The lowest BCUT2D eigenvalue weighted by atomic mass is 10.2. The van der Waals surface area contributed by atoms with Gasteiger partial charge in [-0.3, -0.25) is 0 Å². The third-order valence-corrected chi connectivity index (χ3v) is 4.48. The topological polar surface area (TPSA) is 66.4 Å². The monoisotopic (exact) mass is 221 g/mol. The number of aliphatic hydroxyl groups is 1. The van der Waals surface area contributed by atoms with Gasteiger partial charge in [0.1, 0.15) is 0 Å². The number of aliphatic hydroxyl groups excluding tert-OH is 1. The molecule has 84 valence electrons. The Morgan fingerprint density at radius 1 is 1.43 bits per heavy atom. The van der Waals surface area contributed by atoms with Gasteiger partial charge in [-0.1, -0.05) is 12.8 Å². The van der Waals surface area contributed by atoms with Crippen LogP contribution in [-0.2, 0) is 10.0 Å². The van der Waals surface area contributed by atoms with Gasteiger partial charge >= 0.3 is 0 Å². The lowest BCUT2D eigenvalue weighted by molar-refractivity contribution is 0.294. The van der Waals surface area contributed by atoms with Crippen LogP contribution in [0.4, 0.5) is 0 Å². The molecule has 1 rings (SSSR count). The third kappa shape index (κ3) is 3.55. The second-order valence-electron chi connectivity index (χ2n) is 4.24. The summed E-state index contributed by atoms with van der Waals surface area (Å²) in [7, 11) is -3.33. The first kappa shape index (κ1) is 11.9. The second-order valence-corrected chi connectivity index (χ2v) is 6.37. The largest absolute Gasteiger partial charge is 0.395 e. The molecule has 0 aliphatic heterocycles. The molecule has 0 amide bonds. The fraction of sp³-hybridized carbons (Fsp3) is 1.00. The molecule has 1 fully saturated rings. The maximum absolute atomic E-state index is 11.5. The summed E-state index contributed by atoms with van der Waals surface area (Å²) in [6.07, 6.45) is 3.36. The van der Waals surface area contributed by atoms with Crippen LogP contribution in [0.25, 0.3) is 0 Å². The molecule has 2 N–H and O–H groups in total. The van der Waals surface area contributed by atoms with Gasteiger partial charge < -0.3 is 5.11 Å². The minimum atomic E-state index is -3.33. The molecule has 2 atom stereocenters. The van der Waals surface area contributed by atoms with Crippen molar-refractivity contribution in [3.05, 3.63) is 0 Å². The summed E-state index contributed by atoms with van der Waals surface area (Å²) >= 11 is 0. The summed E-state index contributed by atoms with van der Waals surface area (Å²) in [5.41, 5.74) is 0. The van der Waals surface area contributed by atoms with Crippen molar-refractivity contribution in [3.63, 3.8) is 0 Å². The van der Waals surface area contributed by atoms with E-state index in [2.05, 4.69) is 4.72 Å². The standard InChI is InChI=1S/C9H19NO3S/c1-7(5-9-3-4-9)10-14(12,13)8(2)6-11/h7-11H,3-6H2,1-2H3. The molecule has 0 radical (unpaired) electrons. The molecule has 4 nitrogen and oxygen atoms in total. The van der Waals surface area contributed by atoms with Crippen LogP contribution in [-0.4, -0.2) is 31.4 Å². The van der Waals surface area contributed by atoms with Crippen molar-refractivity contribution in [2.75, 3.05) is 6.61 Å². The van der Waals surface area contributed by atoms with Gasteiger partial charge in [-0.05, 0) is 26.2 Å². The summed E-state index contributed by atoms with van der Waals surface area (Å²) in [6.45, 7) is 3.05. The molecule has 1 aliphatic carbocycles. The predicted molar refractivity (Wildman–Crippen MR) is 55.4 cm³/mol. The van der Waals surface area contributed by atoms with Crippen molar-refractivity contribution in [2.45, 2.75) is 44.4 Å². The minimum Gasteiger partial charge on any atom is -0.395 e. The van der Waals surface area contributed by atoms with E-state index in [1.165, 1.54) is 19.8 Å². The number of sulfonamides is 1. The molecule has 1 saturated carbocycles. The highest BCUT2D eigenvalue weighted by Gasteiger charge is 2.27. The van der Waals surface area contributed by atoms with E-state index >= 15 is 0 Å². The molecule has 0 heterocycles. The fourth-order valence-corrected chi connectivity index (χ4v) is 2.48. The van der Waals surface area contributed by atoms with Crippen LogP contribution in [0.2, 0.25) is 0 Å². The SMILES string of the molecule is CC(CC1CC1)NS(=O)(=O)C(C)CO. The normalized spacial score (nSPS) is 21.9. The van der Waals surface area contributed by atoms with E-state index in [0.717, 1.165) is 6.42 Å². The van der Waals surface area contributed by atoms with Crippen LogP contribution >= 0.6 is 0 Å². The van der Waals surface area contributed by atoms with E-state index < -0.39 is 15.3 Å². The quantitative estimate of drug-likeness (QED) is 0.685. The predicted octanol–water partition coefficient (Wildman–Crippen LogP) is 0.475. The molecule has 0 bridgehead atoms. The molecule has 5 heteroatoms. The van der Waals surface area contributed by atoms with E-state index in [1.807, 2.05) is 6.92 Å². The Kier molecular flexibility index (Phi) is 3.92. The Labute approximate surface area is 85.8 Å². The summed E-state index contributed by atoms with van der Waals surface area (Å²) < 4.78 is 25.6. The van der Waals surface area contributed by atoms with Crippen molar-refractivity contribution < 1.29 is 13.5 Å². The number of rotatable bonds is 6. The zero-order valence-electron chi connectivity index (χ0n) is 8.73. The number of hydrogen-bond donors (Lipinski definition) is 2. The van der Waals surface area contributed by atoms with Crippen molar-refractivity contribution in [1.29, 1.82) is 0 Å². The maximum Gasteiger partial charge on any atom is 0.216 e. The molecule has 0 aromatic rings. The molecule has 1 aliphatic rings. The van der Waals surface area contributed by atoms with Crippen molar-refractivity contribution in [2.24, 2.45) is 5.92 Å². The zero-order valence-corrected chi connectivity index (χ0v) is 9.55. The second kappa shape index (κ2) is 4.59. The van der Waals surface area contributed by atoms with Gasteiger partial charge in [0.2, 0.25) is 10.0 Å². The summed E-state index contributed by atoms with van der Waals surface area (Å²) in [6, 6.07) is -0.0125. The molecule has 2 unspecified atom stereocenters. The average molecular weight is 221 g/mol. The smallest absolute Gasteiger partial charge is 0.216 e. The Hall–Kier alpha value is -0.130. The lowest BCUT2D eigenvalue weighted by Crippen LogP contribution is -2.40. The minimum absolute atomic E-state index is 0.0125. The van der Waals surface area contributed by atoms with Gasteiger partial charge in [0, 0.05) is 6.04 Å². The summed E-state index contributed by atoms with van der Waals surface area (Å²) in [4.78, 5) is 0. The maximum atomic E-state index is 11.5. The molecular weight excluding hydrogens is 202 g/mol. The Morgan fingerprint density at radius 2 is 2.00 bits per heavy atom. The van der Waals surface area contributed by atoms with Crippen molar-refractivity contribution >= 4 is 10.0 Å². The first-order valence-corrected chi connectivity index (χ1v) is 6.62. The summed E-state index contributed by atoms with van der Waals surface area (Å²) in [5.74, 6) is 0.706. The Balaban J connectivity index is 2.40. The average Bonchev–Trinajstić information content (AvgIpc) is 2.85. The van der Waals surface area contributed by atoms with E-state index in [0.29, 0.717) is 5.92 Å². The molecule has 0 saturated heterocycles. The van der Waals surface area contributed by atoms with Gasteiger partial charge in [-0.2, -0.15) is 0 Å². The van der Waals surface area contributed by atoms with E-state index in [1.54, 1.807) is 0 Å². The third-order valence-electron chi connectivity index (χ3n) is 2.54. The highest BCUT2D eigenvalue weighted by atomic mass is 32.2. The van der Waals surface area contributed by atoms with Crippen molar-refractivity contribution in [3.8, 4) is 0 Å². The fourth-order valence-electron chi connectivity index (χ4n) is 1.40. The van der Waals surface area contributed by atoms with Gasteiger partial charge in [0.15, 0.2) is 0 Å². The van der Waals surface area contributed by atoms with Gasteiger partial charge in [-0.15, -0.1) is 0 Å².